The molecule has 1 aliphatic carbocycles. The summed E-state index contributed by atoms with van der Waals surface area (Å²) in [5, 5.41) is 5.95. The molecule has 0 saturated heterocycles. The molecule has 0 bridgehead atoms. The number of ether oxygens (including phenoxy) is 2. The van der Waals surface area contributed by atoms with Crippen LogP contribution in [0, 0.1) is 0 Å². The number of nitrogens with zero attached hydrogens (tertiary/aromatic N) is 1. The fraction of sp³-hybridized carbons (Fsp3) is 0.400. The molecule has 1 fully saturated rings. The number of carbonyl (C=O) groups excluding carboxylic acids is 1. The first kappa shape index (κ1) is 18.0. The highest BCUT2D eigenvalue weighted by Gasteiger charge is 2.15. The Bertz CT molecular complexity index is 712. The zero-order valence-corrected chi connectivity index (χ0v) is 15.0. The van der Waals surface area contributed by atoms with Crippen molar-refractivity contribution in [3.63, 3.8) is 0 Å². The predicted molar refractivity (Wildman–Crippen MR) is 99.5 cm³/mol. The number of nitrogens with one attached hydrogen (secondary N) is 2. The normalized spacial score (nSPS) is 14.5. The number of methoxy groups -OCH3 is 1. The molecule has 1 aliphatic rings. The second-order valence-corrected chi connectivity index (χ2v) is 6.44. The third-order valence-corrected chi connectivity index (χ3v) is 4.47. The molecule has 0 aliphatic heterocycles. The van der Waals surface area contributed by atoms with Crippen molar-refractivity contribution in [1.82, 2.24) is 15.6 Å². The molecule has 138 valence electrons. The van der Waals surface area contributed by atoms with Gasteiger partial charge in [0.15, 0.2) is 0 Å². The molecule has 1 aromatic heterocycles. The average molecular weight is 355 g/mol. The molecule has 0 atom stereocenters. The molecule has 0 unspecified atom stereocenters. The SMILES string of the molecule is COc1ccc(Oc2cc(CNC(=O)NC3CCCCC3)ccn2)cc1. The maximum atomic E-state index is 12.0. The maximum Gasteiger partial charge on any atom is 0.315 e. The van der Waals surface area contributed by atoms with Crippen molar-refractivity contribution in [3.8, 4) is 17.4 Å². The highest BCUT2D eigenvalue weighted by Crippen LogP contribution is 2.22. The Morgan fingerprint density at radius 2 is 1.85 bits per heavy atom. The topological polar surface area (TPSA) is 72.5 Å². The van der Waals surface area contributed by atoms with Crippen LogP contribution >= 0.6 is 0 Å². The largest absolute Gasteiger partial charge is 0.497 e. The second kappa shape index (κ2) is 9.08. The van der Waals surface area contributed by atoms with Crippen LogP contribution in [0.3, 0.4) is 0 Å². The van der Waals surface area contributed by atoms with E-state index in [2.05, 4.69) is 15.6 Å². The molecule has 1 heterocycles. The summed E-state index contributed by atoms with van der Waals surface area (Å²) in [6, 6.07) is 11.2. The molecule has 2 aromatic rings. The van der Waals surface area contributed by atoms with Gasteiger partial charge in [-0.05, 0) is 48.7 Å². The Hall–Kier alpha value is -2.76. The van der Waals surface area contributed by atoms with Crippen molar-refractivity contribution in [2.45, 2.75) is 44.7 Å². The molecule has 26 heavy (non-hydrogen) atoms. The summed E-state index contributed by atoms with van der Waals surface area (Å²) in [6.07, 6.45) is 7.48. The van der Waals surface area contributed by atoms with E-state index in [-0.39, 0.29) is 6.03 Å². The lowest BCUT2D eigenvalue weighted by molar-refractivity contribution is 0.232. The molecule has 0 radical (unpaired) electrons. The van der Waals surface area contributed by atoms with Gasteiger partial charge in [0.05, 0.1) is 7.11 Å². The summed E-state index contributed by atoms with van der Waals surface area (Å²) in [4.78, 5) is 16.3. The summed E-state index contributed by atoms with van der Waals surface area (Å²) >= 11 is 0. The van der Waals surface area contributed by atoms with Crippen molar-refractivity contribution < 1.29 is 14.3 Å². The maximum absolute atomic E-state index is 12.0. The van der Waals surface area contributed by atoms with Gasteiger partial charge in [-0.2, -0.15) is 0 Å². The number of hydrogen-bond acceptors (Lipinski definition) is 4. The number of pyridine rings is 1. The predicted octanol–water partition coefficient (Wildman–Crippen LogP) is 4.01. The van der Waals surface area contributed by atoms with E-state index >= 15 is 0 Å². The zero-order valence-electron chi connectivity index (χ0n) is 15.0. The lowest BCUT2D eigenvalue weighted by Gasteiger charge is -2.22. The van der Waals surface area contributed by atoms with E-state index in [1.165, 1.54) is 19.3 Å². The Morgan fingerprint density at radius 3 is 2.58 bits per heavy atom. The van der Waals surface area contributed by atoms with Crippen molar-refractivity contribution in [2.75, 3.05) is 7.11 Å². The van der Waals surface area contributed by atoms with Crippen LogP contribution in [-0.2, 0) is 6.54 Å². The number of hydrogen-bond donors (Lipinski definition) is 2. The third-order valence-electron chi connectivity index (χ3n) is 4.47. The average Bonchev–Trinajstić information content (AvgIpc) is 2.68. The van der Waals surface area contributed by atoms with Crippen molar-refractivity contribution in [3.05, 3.63) is 48.2 Å². The molecular weight excluding hydrogens is 330 g/mol. The van der Waals surface area contributed by atoms with Crippen LogP contribution in [0.1, 0.15) is 37.7 Å². The highest BCUT2D eigenvalue weighted by molar-refractivity contribution is 5.74. The molecule has 1 saturated carbocycles. The third kappa shape index (κ3) is 5.37. The number of rotatable bonds is 6. The number of aromatic nitrogens is 1. The fourth-order valence-corrected chi connectivity index (χ4v) is 3.05. The van der Waals surface area contributed by atoms with E-state index < -0.39 is 0 Å². The van der Waals surface area contributed by atoms with E-state index in [0.29, 0.717) is 24.2 Å². The van der Waals surface area contributed by atoms with Crippen LogP contribution in [0.4, 0.5) is 4.79 Å². The lowest BCUT2D eigenvalue weighted by Crippen LogP contribution is -2.42. The first-order valence-corrected chi connectivity index (χ1v) is 9.04. The molecule has 3 rings (SSSR count). The summed E-state index contributed by atoms with van der Waals surface area (Å²) < 4.78 is 10.9. The van der Waals surface area contributed by atoms with Crippen LogP contribution in [0.5, 0.6) is 17.4 Å². The Kier molecular flexibility index (Phi) is 6.30. The van der Waals surface area contributed by atoms with Gasteiger partial charge in [-0.15, -0.1) is 0 Å². The molecule has 1 aromatic carbocycles. The first-order chi connectivity index (χ1) is 12.7. The minimum Gasteiger partial charge on any atom is -0.497 e. The van der Waals surface area contributed by atoms with Crippen molar-refractivity contribution >= 4 is 6.03 Å². The second-order valence-electron chi connectivity index (χ2n) is 6.44. The Balaban J connectivity index is 1.50. The van der Waals surface area contributed by atoms with Gasteiger partial charge in [0.2, 0.25) is 5.88 Å². The van der Waals surface area contributed by atoms with E-state index in [1.807, 2.05) is 36.4 Å². The summed E-state index contributed by atoms with van der Waals surface area (Å²) in [6.45, 7) is 0.431. The van der Waals surface area contributed by atoms with Gasteiger partial charge in [0.25, 0.3) is 0 Å². The van der Waals surface area contributed by atoms with Crippen molar-refractivity contribution in [1.29, 1.82) is 0 Å². The summed E-state index contributed by atoms with van der Waals surface area (Å²) in [5.41, 5.74) is 0.933. The molecule has 0 spiro atoms. The Labute approximate surface area is 153 Å². The van der Waals surface area contributed by atoms with Gasteiger partial charge in [0, 0.05) is 24.8 Å². The van der Waals surface area contributed by atoms with Crippen LogP contribution < -0.4 is 20.1 Å². The number of benzene rings is 1. The number of amides is 2. The van der Waals surface area contributed by atoms with Crippen LogP contribution in [0.25, 0.3) is 0 Å². The van der Waals surface area contributed by atoms with Crippen LogP contribution in [0.2, 0.25) is 0 Å². The van der Waals surface area contributed by atoms with E-state index in [9.17, 15) is 4.79 Å². The fourth-order valence-electron chi connectivity index (χ4n) is 3.05. The van der Waals surface area contributed by atoms with E-state index in [4.69, 9.17) is 9.47 Å². The molecule has 2 amide bonds. The molecular formula is C20H25N3O3. The number of urea groups is 1. The van der Waals surface area contributed by atoms with Crippen LogP contribution in [-0.4, -0.2) is 24.2 Å². The van der Waals surface area contributed by atoms with Crippen LogP contribution in [0.15, 0.2) is 42.6 Å². The smallest absolute Gasteiger partial charge is 0.315 e. The monoisotopic (exact) mass is 355 g/mol. The minimum absolute atomic E-state index is 0.119. The number of carbonyl (C=O) groups is 1. The quantitative estimate of drug-likeness (QED) is 0.821. The first-order valence-electron chi connectivity index (χ1n) is 9.04. The highest BCUT2D eigenvalue weighted by atomic mass is 16.5. The van der Waals surface area contributed by atoms with Gasteiger partial charge in [-0.25, -0.2) is 9.78 Å². The van der Waals surface area contributed by atoms with Gasteiger partial charge in [-0.3, -0.25) is 0 Å². The van der Waals surface area contributed by atoms with Gasteiger partial charge in [-0.1, -0.05) is 19.3 Å². The summed E-state index contributed by atoms with van der Waals surface area (Å²) in [5.74, 6) is 1.94. The molecule has 2 N–H and O–H groups in total. The molecule has 6 heteroatoms. The van der Waals surface area contributed by atoms with Gasteiger partial charge in [0.1, 0.15) is 11.5 Å². The summed E-state index contributed by atoms with van der Waals surface area (Å²) in [7, 11) is 1.62. The lowest BCUT2D eigenvalue weighted by atomic mass is 9.96. The van der Waals surface area contributed by atoms with E-state index in [0.717, 1.165) is 24.2 Å². The minimum atomic E-state index is -0.119. The van der Waals surface area contributed by atoms with Gasteiger partial charge >= 0.3 is 6.03 Å². The Morgan fingerprint density at radius 1 is 1.12 bits per heavy atom. The van der Waals surface area contributed by atoms with E-state index in [1.54, 1.807) is 13.3 Å². The van der Waals surface area contributed by atoms with Gasteiger partial charge < -0.3 is 20.1 Å². The zero-order chi connectivity index (χ0) is 18.2. The molecule has 6 nitrogen and oxygen atoms in total. The van der Waals surface area contributed by atoms with Crippen molar-refractivity contribution in [2.24, 2.45) is 0 Å². The standard InChI is InChI=1S/C20H25N3O3/c1-25-17-7-9-18(10-8-17)26-19-13-15(11-12-21-19)14-22-20(24)23-16-5-3-2-4-6-16/h7-13,16H,2-6,14H2,1H3,(H2,22,23,24).